The van der Waals surface area contributed by atoms with Gasteiger partial charge in [-0.25, -0.2) is 14.4 Å². The van der Waals surface area contributed by atoms with Gasteiger partial charge < -0.3 is 15.7 Å². The van der Waals surface area contributed by atoms with Crippen LogP contribution in [-0.2, 0) is 6.42 Å². The molecule has 5 rings (SSSR count). The van der Waals surface area contributed by atoms with E-state index in [-0.39, 0.29) is 12.5 Å². The molecule has 1 aromatic carbocycles. The third kappa shape index (κ3) is 4.42. The number of aryl methyl sites for hydroxylation is 1. The Bertz CT molecular complexity index is 1250. The van der Waals surface area contributed by atoms with Crippen molar-refractivity contribution >= 4 is 17.3 Å². The average molecular weight is 460 g/mol. The van der Waals surface area contributed by atoms with Gasteiger partial charge in [0.15, 0.2) is 0 Å². The highest BCUT2D eigenvalue weighted by Gasteiger charge is 2.26. The minimum Gasteiger partial charge on any atom is -0.396 e. The molecular formula is C25H26FN7O. The van der Waals surface area contributed by atoms with Crippen molar-refractivity contribution in [2.75, 3.05) is 43.4 Å². The number of hydrogen-bond donors (Lipinski definition) is 3. The molecule has 8 nitrogen and oxygen atoms in total. The normalized spacial score (nSPS) is 17.5. The van der Waals surface area contributed by atoms with Gasteiger partial charge in [-0.15, -0.1) is 0 Å². The average Bonchev–Trinajstić information content (AvgIpc) is 3.25. The Labute approximate surface area is 197 Å². The molecule has 9 heteroatoms. The van der Waals surface area contributed by atoms with E-state index in [9.17, 15) is 14.8 Å². The number of pyridine rings is 1. The number of anilines is 3. The summed E-state index contributed by atoms with van der Waals surface area (Å²) in [6.45, 7) is 4.31. The quantitative estimate of drug-likeness (QED) is 0.494. The fourth-order valence-electron chi connectivity index (χ4n) is 4.48. The van der Waals surface area contributed by atoms with Crippen LogP contribution >= 0.6 is 0 Å². The second-order valence-electron chi connectivity index (χ2n) is 8.86. The van der Waals surface area contributed by atoms with Crippen molar-refractivity contribution in [3.8, 4) is 17.3 Å². The van der Waals surface area contributed by atoms with Crippen LogP contribution in [0.25, 0.3) is 11.3 Å². The molecule has 2 aliphatic heterocycles. The smallest absolute Gasteiger partial charge is 0.227 e. The molecule has 0 spiro atoms. The number of rotatable bonds is 7. The second kappa shape index (κ2) is 9.33. The highest BCUT2D eigenvalue weighted by atomic mass is 19.1. The molecule has 1 saturated heterocycles. The number of likely N-dealkylation sites (tertiary alicyclic amines) is 1. The zero-order chi connectivity index (χ0) is 23.7. The van der Waals surface area contributed by atoms with E-state index >= 15 is 0 Å². The minimum absolute atomic E-state index is 0.0114. The predicted octanol–water partition coefficient (Wildman–Crippen LogP) is 3.16. The Morgan fingerprint density at radius 2 is 2.15 bits per heavy atom. The number of aliphatic hydroxyl groups excluding tert-OH is 1. The Balaban J connectivity index is 1.41. The van der Waals surface area contributed by atoms with Gasteiger partial charge in [-0.1, -0.05) is 0 Å². The van der Waals surface area contributed by atoms with Crippen LogP contribution in [0, 0.1) is 18.3 Å². The maximum atomic E-state index is 13.1. The molecule has 3 aromatic rings. The Hall–Kier alpha value is -3.61. The molecule has 34 heavy (non-hydrogen) atoms. The molecule has 1 atom stereocenters. The molecule has 2 aliphatic rings. The van der Waals surface area contributed by atoms with Gasteiger partial charge in [-0.3, -0.25) is 9.88 Å². The lowest BCUT2D eigenvalue weighted by molar-refractivity contribution is 0.0668. The maximum Gasteiger partial charge on any atom is 0.227 e. The molecule has 0 radical (unpaired) electrons. The first-order valence-electron chi connectivity index (χ1n) is 11.4. The lowest BCUT2D eigenvalue weighted by atomic mass is 9.96. The van der Waals surface area contributed by atoms with Crippen LogP contribution < -0.4 is 10.6 Å². The van der Waals surface area contributed by atoms with E-state index in [2.05, 4.69) is 31.6 Å². The van der Waals surface area contributed by atoms with E-state index in [0.29, 0.717) is 43.3 Å². The number of fused-ring (bicyclic) bond motifs is 1. The van der Waals surface area contributed by atoms with Gasteiger partial charge in [0.05, 0.1) is 34.9 Å². The standard InChI is InChI=1S/C25H26FN7O/c1-15-6-23(22(29-10-15)3-5-33-12-19(26)13-33)32-25-28-4-2-21(31-25)16-7-17(9-27)24-20(8-16)18(14-34)11-30-24/h2,4,6-8,10,18-19,30,34H,3,5,11-14H2,1H3,(H,28,31,32). The van der Waals surface area contributed by atoms with Crippen molar-refractivity contribution < 1.29 is 9.50 Å². The monoisotopic (exact) mass is 459 g/mol. The Morgan fingerprint density at radius 3 is 2.91 bits per heavy atom. The number of nitriles is 1. The van der Waals surface area contributed by atoms with Gasteiger partial charge in [-0.05, 0) is 42.3 Å². The maximum absolute atomic E-state index is 13.1. The van der Waals surface area contributed by atoms with Crippen LogP contribution in [0.4, 0.5) is 21.7 Å². The van der Waals surface area contributed by atoms with Crippen LogP contribution in [-0.4, -0.2) is 63.9 Å². The van der Waals surface area contributed by atoms with E-state index in [1.54, 1.807) is 12.3 Å². The van der Waals surface area contributed by atoms with Gasteiger partial charge in [0, 0.05) is 56.5 Å². The highest BCUT2D eigenvalue weighted by Crippen LogP contribution is 2.37. The van der Waals surface area contributed by atoms with E-state index in [1.807, 2.05) is 31.3 Å². The molecule has 0 aliphatic carbocycles. The lowest BCUT2D eigenvalue weighted by Gasteiger charge is -2.34. The largest absolute Gasteiger partial charge is 0.396 e. The number of hydrogen-bond acceptors (Lipinski definition) is 8. The predicted molar refractivity (Wildman–Crippen MR) is 128 cm³/mol. The Morgan fingerprint density at radius 1 is 1.29 bits per heavy atom. The Kier molecular flexibility index (Phi) is 6.09. The van der Waals surface area contributed by atoms with Crippen molar-refractivity contribution in [2.45, 2.75) is 25.4 Å². The van der Waals surface area contributed by atoms with Crippen LogP contribution in [0.2, 0.25) is 0 Å². The van der Waals surface area contributed by atoms with Crippen LogP contribution in [0.3, 0.4) is 0 Å². The number of aliphatic hydroxyl groups is 1. The van der Waals surface area contributed by atoms with Crippen molar-refractivity contribution in [3.63, 3.8) is 0 Å². The van der Waals surface area contributed by atoms with Crippen molar-refractivity contribution in [3.05, 3.63) is 59.0 Å². The number of nitrogens with zero attached hydrogens (tertiary/aromatic N) is 5. The van der Waals surface area contributed by atoms with Crippen LogP contribution in [0.15, 0.2) is 36.7 Å². The summed E-state index contributed by atoms with van der Waals surface area (Å²) in [4.78, 5) is 15.7. The van der Waals surface area contributed by atoms with Crippen molar-refractivity contribution in [1.82, 2.24) is 19.9 Å². The molecule has 1 unspecified atom stereocenters. The summed E-state index contributed by atoms with van der Waals surface area (Å²) < 4.78 is 13.1. The first-order chi connectivity index (χ1) is 16.5. The number of aromatic nitrogens is 3. The number of alkyl halides is 1. The molecular weight excluding hydrogens is 433 g/mol. The molecule has 3 N–H and O–H groups in total. The molecule has 174 valence electrons. The van der Waals surface area contributed by atoms with Crippen molar-refractivity contribution in [2.24, 2.45) is 0 Å². The van der Waals surface area contributed by atoms with E-state index in [0.717, 1.165) is 40.3 Å². The molecule has 0 amide bonds. The van der Waals surface area contributed by atoms with Crippen LogP contribution in [0.5, 0.6) is 0 Å². The third-order valence-electron chi connectivity index (χ3n) is 6.36. The molecule has 0 bridgehead atoms. The number of halogens is 1. The van der Waals surface area contributed by atoms with Gasteiger partial charge in [0.1, 0.15) is 12.2 Å². The lowest BCUT2D eigenvalue weighted by Crippen LogP contribution is -2.48. The fourth-order valence-corrected chi connectivity index (χ4v) is 4.48. The molecule has 2 aromatic heterocycles. The summed E-state index contributed by atoms with van der Waals surface area (Å²) in [7, 11) is 0. The van der Waals surface area contributed by atoms with E-state index in [4.69, 9.17) is 4.98 Å². The highest BCUT2D eigenvalue weighted by molar-refractivity contribution is 5.75. The van der Waals surface area contributed by atoms with Crippen LogP contribution in [0.1, 0.15) is 28.3 Å². The summed E-state index contributed by atoms with van der Waals surface area (Å²) in [6.07, 6.45) is 3.48. The van der Waals surface area contributed by atoms with Gasteiger partial charge in [0.2, 0.25) is 5.95 Å². The molecule has 0 saturated carbocycles. The SMILES string of the molecule is Cc1cnc(CCN2CC(F)C2)c(Nc2nccc(-c3cc(C#N)c4c(c3)C(CO)CN4)n2)c1. The third-order valence-corrected chi connectivity index (χ3v) is 6.36. The topological polar surface area (TPSA) is 110 Å². The van der Waals surface area contributed by atoms with Gasteiger partial charge in [0.25, 0.3) is 0 Å². The zero-order valence-corrected chi connectivity index (χ0v) is 18.9. The van der Waals surface area contributed by atoms with Crippen molar-refractivity contribution in [1.29, 1.82) is 5.26 Å². The zero-order valence-electron chi connectivity index (χ0n) is 18.9. The van der Waals surface area contributed by atoms with E-state index in [1.165, 1.54) is 0 Å². The molecule has 4 heterocycles. The fraction of sp³-hybridized carbons (Fsp3) is 0.360. The number of benzene rings is 1. The molecule has 1 fully saturated rings. The summed E-state index contributed by atoms with van der Waals surface area (Å²) >= 11 is 0. The first-order valence-corrected chi connectivity index (χ1v) is 11.4. The summed E-state index contributed by atoms with van der Waals surface area (Å²) in [5.74, 6) is 0.372. The number of nitrogens with one attached hydrogen (secondary N) is 2. The first kappa shape index (κ1) is 22.2. The minimum atomic E-state index is -0.719. The van der Waals surface area contributed by atoms with E-state index < -0.39 is 6.17 Å². The summed E-state index contributed by atoms with van der Waals surface area (Å²) in [6, 6.07) is 9.84. The summed E-state index contributed by atoms with van der Waals surface area (Å²) in [5.41, 5.74) is 6.43. The second-order valence-corrected chi connectivity index (χ2v) is 8.86. The van der Waals surface area contributed by atoms with Gasteiger partial charge >= 0.3 is 0 Å². The summed E-state index contributed by atoms with van der Waals surface area (Å²) in [5, 5.41) is 25.9. The van der Waals surface area contributed by atoms with Gasteiger partial charge in [-0.2, -0.15) is 5.26 Å².